The van der Waals surface area contributed by atoms with Gasteiger partial charge in [0.2, 0.25) is 15.9 Å². The third kappa shape index (κ3) is 4.93. The van der Waals surface area contributed by atoms with Gasteiger partial charge in [0.25, 0.3) is 0 Å². The third-order valence-corrected chi connectivity index (χ3v) is 6.58. The van der Waals surface area contributed by atoms with Crippen molar-refractivity contribution in [3.05, 3.63) is 0 Å². The van der Waals surface area contributed by atoms with Crippen molar-refractivity contribution in [2.24, 2.45) is 0 Å². The molecule has 0 radical (unpaired) electrons. The minimum absolute atomic E-state index is 0.201. The van der Waals surface area contributed by atoms with E-state index in [4.69, 9.17) is 0 Å². The molecule has 1 amide bonds. The zero-order valence-electron chi connectivity index (χ0n) is 13.7. The van der Waals surface area contributed by atoms with Gasteiger partial charge in [0.15, 0.2) is 0 Å². The molecule has 0 aromatic heterocycles. The summed E-state index contributed by atoms with van der Waals surface area (Å²) in [4.78, 5) is 16.4. The van der Waals surface area contributed by atoms with Gasteiger partial charge in [-0.05, 0) is 19.3 Å². The molecule has 128 valence electrons. The second-order valence-electron chi connectivity index (χ2n) is 6.29. The molecule has 0 atom stereocenters. The van der Waals surface area contributed by atoms with Crippen molar-refractivity contribution < 1.29 is 13.2 Å². The molecule has 7 heteroatoms. The maximum Gasteiger partial charge on any atom is 0.236 e. The Bertz CT molecular complexity index is 451. The first-order valence-corrected chi connectivity index (χ1v) is 10.1. The number of sulfonamides is 1. The van der Waals surface area contributed by atoms with Gasteiger partial charge in [0.05, 0.1) is 12.3 Å². The van der Waals surface area contributed by atoms with E-state index >= 15 is 0 Å². The summed E-state index contributed by atoms with van der Waals surface area (Å²) in [5, 5.41) is 0. The SMILES string of the molecule is CCCS(=O)(=O)N1CCN(CC(=O)N2CCCCCC2)CC1. The average molecular weight is 331 g/mol. The van der Waals surface area contributed by atoms with Crippen LogP contribution in [-0.4, -0.2) is 80.0 Å². The zero-order chi connectivity index (χ0) is 16.0. The molecular weight excluding hydrogens is 302 g/mol. The Morgan fingerprint density at radius 2 is 1.50 bits per heavy atom. The van der Waals surface area contributed by atoms with Crippen molar-refractivity contribution in [2.45, 2.75) is 39.0 Å². The van der Waals surface area contributed by atoms with Gasteiger partial charge in [-0.25, -0.2) is 8.42 Å². The van der Waals surface area contributed by atoms with Crippen LogP contribution >= 0.6 is 0 Å². The van der Waals surface area contributed by atoms with E-state index in [9.17, 15) is 13.2 Å². The van der Waals surface area contributed by atoms with Gasteiger partial charge in [-0.15, -0.1) is 0 Å². The highest BCUT2D eigenvalue weighted by Gasteiger charge is 2.27. The minimum atomic E-state index is -3.10. The van der Waals surface area contributed by atoms with Crippen LogP contribution in [-0.2, 0) is 14.8 Å². The number of amides is 1. The van der Waals surface area contributed by atoms with Gasteiger partial charge in [-0.3, -0.25) is 9.69 Å². The molecule has 0 aromatic rings. The van der Waals surface area contributed by atoms with E-state index in [1.165, 1.54) is 12.8 Å². The number of piperazine rings is 1. The lowest BCUT2D eigenvalue weighted by Crippen LogP contribution is -2.52. The Hall–Kier alpha value is -0.660. The Morgan fingerprint density at radius 3 is 2.05 bits per heavy atom. The zero-order valence-corrected chi connectivity index (χ0v) is 14.5. The minimum Gasteiger partial charge on any atom is -0.342 e. The van der Waals surface area contributed by atoms with E-state index in [-0.39, 0.29) is 11.7 Å². The Kier molecular flexibility index (Phi) is 6.65. The van der Waals surface area contributed by atoms with Gasteiger partial charge in [-0.2, -0.15) is 4.31 Å². The molecule has 0 unspecified atom stereocenters. The quantitative estimate of drug-likeness (QED) is 0.746. The number of hydrogen-bond acceptors (Lipinski definition) is 4. The van der Waals surface area contributed by atoms with E-state index in [2.05, 4.69) is 4.90 Å². The lowest BCUT2D eigenvalue weighted by Gasteiger charge is -2.34. The molecule has 2 heterocycles. The van der Waals surface area contributed by atoms with E-state index in [1.807, 2.05) is 11.8 Å². The Morgan fingerprint density at radius 1 is 0.909 bits per heavy atom. The first-order chi connectivity index (χ1) is 10.5. The maximum absolute atomic E-state index is 12.4. The average Bonchev–Trinajstić information content (AvgIpc) is 2.77. The van der Waals surface area contributed by atoms with Crippen LogP contribution in [0.3, 0.4) is 0 Å². The van der Waals surface area contributed by atoms with Crippen LogP contribution < -0.4 is 0 Å². The molecule has 22 heavy (non-hydrogen) atoms. The lowest BCUT2D eigenvalue weighted by atomic mass is 10.2. The summed E-state index contributed by atoms with van der Waals surface area (Å²) in [6.07, 6.45) is 5.30. The highest BCUT2D eigenvalue weighted by molar-refractivity contribution is 7.89. The summed E-state index contributed by atoms with van der Waals surface area (Å²) in [6.45, 7) is 6.40. The van der Waals surface area contributed by atoms with E-state index in [0.717, 1.165) is 25.9 Å². The van der Waals surface area contributed by atoms with Gasteiger partial charge in [0, 0.05) is 39.3 Å². The van der Waals surface area contributed by atoms with Crippen LogP contribution in [0.25, 0.3) is 0 Å². The van der Waals surface area contributed by atoms with Crippen LogP contribution in [0.2, 0.25) is 0 Å². The predicted octanol–water partition coefficient (Wildman–Crippen LogP) is 0.746. The Balaban J connectivity index is 1.78. The first kappa shape index (κ1) is 17.7. The van der Waals surface area contributed by atoms with Crippen LogP contribution in [0.5, 0.6) is 0 Å². The van der Waals surface area contributed by atoms with Crippen molar-refractivity contribution >= 4 is 15.9 Å². The van der Waals surface area contributed by atoms with Gasteiger partial charge < -0.3 is 4.90 Å². The van der Waals surface area contributed by atoms with Crippen LogP contribution in [0.1, 0.15) is 39.0 Å². The highest BCUT2D eigenvalue weighted by atomic mass is 32.2. The third-order valence-electron chi connectivity index (χ3n) is 4.50. The van der Waals surface area contributed by atoms with E-state index in [0.29, 0.717) is 39.1 Å². The van der Waals surface area contributed by atoms with Crippen molar-refractivity contribution in [2.75, 3.05) is 51.6 Å². The highest BCUT2D eigenvalue weighted by Crippen LogP contribution is 2.12. The molecule has 0 aromatic carbocycles. The molecule has 2 aliphatic heterocycles. The summed E-state index contributed by atoms with van der Waals surface area (Å²) in [7, 11) is -3.10. The number of rotatable bonds is 5. The molecule has 2 rings (SSSR count). The van der Waals surface area contributed by atoms with Crippen molar-refractivity contribution in [3.63, 3.8) is 0 Å². The van der Waals surface area contributed by atoms with Crippen LogP contribution in [0.15, 0.2) is 0 Å². The fourth-order valence-corrected chi connectivity index (χ4v) is 4.66. The molecule has 0 aliphatic carbocycles. The van der Waals surface area contributed by atoms with E-state index < -0.39 is 10.0 Å². The number of carbonyl (C=O) groups is 1. The summed E-state index contributed by atoms with van der Waals surface area (Å²) in [5.74, 6) is 0.423. The molecule has 6 nitrogen and oxygen atoms in total. The molecule has 0 N–H and O–H groups in total. The number of nitrogens with zero attached hydrogens (tertiary/aromatic N) is 3. The monoisotopic (exact) mass is 331 g/mol. The normalized spacial score (nSPS) is 22.5. The van der Waals surface area contributed by atoms with Crippen molar-refractivity contribution in [1.29, 1.82) is 0 Å². The molecule has 2 aliphatic rings. The molecule has 0 saturated carbocycles. The van der Waals surface area contributed by atoms with Gasteiger partial charge >= 0.3 is 0 Å². The Labute approximate surface area is 134 Å². The van der Waals surface area contributed by atoms with E-state index in [1.54, 1.807) is 4.31 Å². The molecule has 2 fully saturated rings. The van der Waals surface area contributed by atoms with Gasteiger partial charge in [0.1, 0.15) is 0 Å². The van der Waals surface area contributed by atoms with Crippen LogP contribution in [0.4, 0.5) is 0 Å². The maximum atomic E-state index is 12.4. The van der Waals surface area contributed by atoms with Crippen molar-refractivity contribution in [3.8, 4) is 0 Å². The van der Waals surface area contributed by atoms with Crippen LogP contribution in [0, 0.1) is 0 Å². The molecular formula is C15H29N3O3S. The summed E-state index contributed by atoms with van der Waals surface area (Å²) >= 11 is 0. The number of hydrogen-bond donors (Lipinski definition) is 0. The smallest absolute Gasteiger partial charge is 0.236 e. The lowest BCUT2D eigenvalue weighted by molar-refractivity contribution is -0.132. The second kappa shape index (κ2) is 8.26. The van der Waals surface area contributed by atoms with Gasteiger partial charge in [-0.1, -0.05) is 19.8 Å². The fraction of sp³-hybridized carbons (Fsp3) is 0.933. The number of likely N-dealkylation sites (tertiary alicyclic amines) is 1. The standard InChI is InChI=1S/C15H29N3O3S/c1-2-13-22(20,21)18-11-9-16(10-12-18)14-15(19)17-7-5-3-4-6-8-17/h2-14H2,1H3. The first-order valence-electron chi connectivity index (χ1n) is 8.51. The molecule has 2 saturated heterocycles. The molecule has 0 bridgehead atoms. The summed E-state index contributed by atoms with van der Waals surface area (Å²) in [5.41, 5.74) is 0. The summed E-state index contributed by atoms with van der Waals surface area (Å²) < 4.78 is 25.6. The largest absolute Gasteiger partial charge is 0.342 e. The predicted molar refractivity (Wildman–Crippen MR) is 87.1 cm³/mol. The molecule has 0 spiro atoms. The topological polar surface area (TPSA) is 60.9 Å². The fourth-order valence-electron chi connectivity index (χ4n) is 3.16. The van der Waals surface area contributed by atoms with Crippen molar-refractivity contribution in [1.82, 2.24) is 14.1 Å². The number of carbonyl (C=O) groups excluding carboxylic acids is 1. The second-order valence-corrected chi connectivity index (χ2v) is 8.37. The summed E-state index contributed by atoms with van der Waals surface area (Å²) in [6, 6.07) is 0.